The van der Waals surface area contributed by atoms with Gasteiger partial charge in [0.1, 0.15) is 17.9 Å². The summed E-state index contributed by atoms with van der Waals surface area (Å²) < 4.78 is 3.61. The lowest BCUT2D eigenvalue weighted by molar-refractivity contribution is -0.659. The van der Waals surface area contributed by atoms with Crippen molar-refractivity contribution in [2.24, 2.45) is 0 Å². The first-order chi connectivity index (χ1) is 12.7. The third-order valence-electron chi connectivity index (χ3n) is 4.81. The van der Waals surface area contributed by atoms with Crippen LogP contribution in [0.25, 0.3) is 32.9 Å². The highest BCUT2D eigenvalue weighted by atomic mass is 127. The summed E-state index contributed by atoms with van der Waals surface area (Å²) in [6, 6.07) is 23.7. The molecule has 0 fully saturated rings. The van der Waals surface area contributed by atoms with Crippen molar-refractivity contribution in [1.29, 1.82) is 0 Å². The van der Waals surface area contributed by atoms with Gasteiger partial charge in [-0.2, -0.15) is 4.57 Å². The lowest BCUT2D eigenvalue weighted by atomic mass is 9.98. The summed E-state index contributed by atoms with van der Waals surface area (Å²) in [5, 5.41) is 3.82. The normalized spacial score (nSPS) is 11.3. The van der Waals surface area contributed by atoms with Crippen molar-refractivity contribution in [3.63, 3.8) is 0 Å². The summed E-state index contributed by atoms with van der Waals surface area (Å²) in [6.45, 7) is 0.991. The van der Waals surface area contributed by atoms with E-state index in [1.807, 2.05) is 0 Å². The number of aromatic nitrogens is 1. The molecule has 0 unspecified atom stereocenters. The highest BCUT2D eigenvalue weighted by molar-refractivity contribution is 14.1. The number of halogens is 1. The number of aryl methyl sites for hydroxylation is 1. The maximum absolute atomic E-state index is 4.17. The van der Waals surface area contributed by atoms with E-state index < -0.39 is 0 Å². The molecule has 0 amide bonds. The molecule has 0 saturated heterocycles. The summed E-state index contributed by atoms with van der Waals surface area (Å²) in [6.07, 6.45) is 1.14. The van der Waals surface area contributed by atoms with Crippen molar-refractivity contribution >= 4 is 55.6 Å². The van der Waals surface area contributed by atoms with Gasteiger partial charge in [0.2, 0.25) is 11.2 Å². The number of quaternary nitrogens is 2. The van der Waals surface area contributed by atoms with E-state index in [9.17, 15) is 0 Å². The van der Waals surface area contributed by atoms with Crippen LogP contribution in [0, 0.1) is 0 Å². The molecule has 6 N–H and O–H groups in total. The number of pyridine rings is 1. The topological polar surface area (TPSA) is 59.2 Å². The fourth-order valence-corrected chi connectivity index (χ4v) is 4.01. The van der Waals surface area contributed by atoms with E-state index in [1.54, 1.807) is 0 Å². The Hall–Kier alpha value is -2.02. The van der Waals surface area contributed by atoms with E-state index in [0.29, 0.717) is 0 Å². The fraction of sp³-hybridized carbons (Fsp3) is 0.136. The molecule has 4 aromatic rings. The second-order valence-corrected chi connectivity index (χ2v) is 7.72. The van der Waals surface area contributed by atoms with Crippen LogP contribution in [0.3, 0.4) is 0 Å². The number of alkyl halides is 1. The molecule has 3 nitrogen and oxygen atoms in total. The van der Waals surface area contributed by atoms with E-state index in [0.717, 1.165) is 28.8 Å². The van der Waals surface area contributed by atoms with E-state index in [1.165, 1.54) is 32.9 Å². The van der Waals surface area contributed by atoms with Crippen LogP contribution in [0.1, 0.15) is 6.42 Å². The molecular formula is C22H23IN3+3. The monoisotopic (exact) mass is 456 g/mol. The molecule has 1 aromatic heterocycles. The Bertz CT molecular complexity index is 1090. The zero-order valence-electron chi connectivity index (χ0n) is 14.7. The number of benzene rings is 3. The van der Waals surface area contributed by atoms with Crippen LogP contribution >= 0.6 is 22.6 Å². The molecule has 0 atom stereocenters. The summed E-state index contributed by atoms with van der Waals surface area (Å²) in [4.78, 5) is 0. The van der Waals surface area contributed by atoms with E-state index in [4.69, 9.17) is 0 Å². The minimum Gasteiger partial charge on any atom is -0.325 e. The predicted molar refractivity (Wildman–Crippen MR) is 116 cm³/mol. The highest BCUT2D eigenvalue weighted by Crippen LogP contribution is 2.33. The minimum absolute atomic E-state index is 0.991. The number of rotatable bonds is 4. The van der Waals surface area contributed by atoms with Crippen LogP contribution in [0.4, 0.5) is 11.4 Å². The molecule has 0 aliphatic rings. The largest absolute Gasteiger partial charge is 0.325 e. The quantitative estimate of drug-likeness (QED) is 0.204. The van der Waals surface area contributed by atoms with Gasteiger partial charge >= 0.3 is 0 Å². The third kappa shape index (κ3) is 3.09. The Balaban J connectivity index is 2.20. The van der Waals surface area contributed by atoms with E-state index >= 15 is 0 Å². The maximum atomic E-state index is 4.17. The molecule has 26 heavy (non-hydrogen) atoms. The van der Waals surface area contributed by atoms with Crippen LogP contribution in [-0.2, 0) is 6.54 Å². The van der Waals surface area contributed by atoms with Crippen LogP contribution < -0.4 is 16.0 Å². The van der Waals surface area contributed by atoms with Crippen molar-refractivity contribution in [2.75, 3.05) is 4.43 Å². The van der Waals surface area contributed by atoms with Gasteiger partial charge in [0, 0.05) is 33.9 Å². The van der Waals surface area contributed by atoms with Crippen molar-refractivity contribution in [2.45, 2.75) is 13.0 Å². The Kier molecular flexibility index (Phi) is 4.89. The molecule has 0 aliphatic heterocycles. The predicted octanol–water partition coefficient (Wildman–Crippen LogP) is 3.52. The Morgan fingerprint density at radius 1 is 0.769 bits per heavy atom. The SMILES string of the molecule is [NH3+]c1ccc2c(c1)c(-c1ccccc1)[n+](CCCI)c1cc([NH3+])ccc21. The van der Waals surface area contributed by atoms with Gasteiger partial charge < -0.3 is 11.5 Å². The van der Waals surface area contributed by atoms with Crippen LogP contribution in [0.15, 0.2) is 66.7 Å². The first-order valence-electron chi connectivity index (χ1n) is 8.87. The van der Waals surface area contributed by atoms with Crippen molar-refractivity contribution in [1.82, 2.24) is 0 Å². The minimum atomic E-state index is 0.991. The van der Waals surface area contributed by atoms with Gasteiger partial charge in [0.05, 0.1) is 16.8 Å². The first kappa shape index (κ1) is 17.4. The van der Waals surface area contributed by atoms with Gasteiger partial charge in [0.25, 0.3) is 0 Å². The summed E-state index contributed by atoms with van der Waals surface area (Å²) in [5.74, 6) is 0. The molecule has 4 rings (SSSR count). The average Bonchev–Trinajstić information content (AvgIpc) is 2.66. The van der Waals surface area contributed by atoms with Gasteiger partial charge in [-0.05, 0) is 30.3 Å². The fourth-order valence-electron chi connectivity index (χ4n) is 3.67. The second kappa shape index (κ2) is 7.31. The number of fused-ring (bicyclic) bond motifs is 3. The highest BCUT2D eigenvalue weighted by Gasteiger charge is 2.24. The lowest BCUT2D eigenvalue weighted by Gasteiger charge is -2.12. The second-order valence-electron chi connectivity index (χ2n) is 6.64. The summed E-state index contributed by atoms with van der Waals surface area (Å²) in [5.41, 5.74) is 14.2. The molecule has 4 heteroatoms. The number of hydrogen-bond acceptors (Lipinski definition) is 0. The molecular weight excluding hydrogens is 433 g/mol. The van der Waals surface area contributed by atoms with Gasteiger partial charge in [0.15, 0.2) is 0 Å². The molecule has 0 spiro atoms. The number of nitrogens with zero attached hydrogens (tertiary/aromatic N) is 1. The standard InChI is InChI=1S/C22H20IN3/c23-11-4-12-26-21-14-17(25)8-10-19(21)18-9-7-16(24)13-20(18)22(26)15-5-2-1-3-6-15/h1-3,5-10,13-14,25H,4,11-12,24H2/p+3. The van der Waals surface area contributed by atoms with Crippen LogP contribution in [0.2, 0.25) is 0 Å². The zero-order valence-corrected chi connectivity index (χ0v) is 16.9. The van der Waals surface area contributed by atoms with Crippen molar-refractivity contribution in [3.8, 4) is 11.3 Å². The lowest BCUT2D eigenvalue weighted by Crippen LogP contribution is -2.42. The third-order valence-corrected chi connectivity index (χ3v) is 5.58. The Labute approximate surface area is 166 Å². The molecule has 0 saturated carbocycles. The van der Waals surface area contributed by atoms with Crippen molar-refractivity contribution < 1.29 is 16.0 Å². The average molecular weight is 456 g/mol. The number of hydrogen-bond donors (Lipinski definition) is 2. The van der Waals surface area contributed by atoms with E-state index in [2.05, 4.69) is 105 Å². The zero-order chi connectivity index (χ0) is 18.1. The van der Waals surface area contributed by atoms with Gasteiger partial charge in [-0.15, -0.1) is 0 Å². The van der Waals surface area contributed by atoms with Gasteiger partial charge in [-0.25, -0.2) is 0 Å². The molecule has 0 bridgehead atoms. The van der Waals surface area contributed by atoms with Crippen molar-refractivity contribution in [3.05, 3.63) is 66.7 Å². The summed E-state index contributed by atoms with van der Waals surface area (Å²) in [7, 11) is 0. The molecule has 130 valence electrons. The van der Waals surface area contributed by atoms with Crippen LogP contribution in [0.5, 0.6) is 0 Å². The van der Waals surface area contributed by atoms with Gasteiger partial charge in [-0.3, -0.25) is 0 Å². The molecule has 0 aliphatic carbocycles. The smallest absolute Gasteiger partial charge is 0.221 e. The van der Waals surface area contributed by atoms with Crippen LogP contribution in [-0.4, -0.2) is 4.43 Å². The molecule has 1 heterocycles. The Morgan fingerprint density at radius 3 is 2.19 bits per heavy atom. The summed E-state index contributed by atoms with van der Waals surface area (Å²) >= 11 is 2.46. The molecule has 0 radical (unpaired) electrons. The van der Waals surface area contributed by atoms with Gasteiger partial charge in [-0.1, -0.05) is 40.8 Å². The molecule has 3 aromatic carbocycles. The van der Waals surface area contributed by atoms with E-state index in [-0.39, 0.29) is 0 Å². The maximum Gasteiger partial charge on any atom is 0.221 e. The first-order valence-corrected chi connectivity index (χ1v) is 10.4. The Morgan fingerprint density at radius 2 is 1.46 bits per heavy atom.